The average molecular weight is 393 g/mol. The molecule has 0 unspecified atom stereocenters. The normalized spacial score (nSPS) is 29.6. The Balaban J connectivity index is 1.79. The van der Waals surface area contributed by atoms with Crippen molar-refractivity contribution in [1.29, 1.82) is 0 Å². The quantitative estimate of drug-likeness (QED) is 0.373. The largest absolute Gasteiger partial charge is 0.481 e. The molecule has 2 aliphatic rings. The summed E-state index contributed by atoms with van der Waals surface area (Å²) >= 11 is 0. The number of carbonyl (C=O) groups is 1. The minimum atomic E-state index is -0.831. The van der Waals surface area contributed by atoms with Crippen LogP contribution < -0.4 is 0 Å². The number of aliphatic carboxylic acids is 1. The molecule has 0 radical (unpaired) electrons. The molecule has 1 fully saturated rings. The molecule has 0 aromatic carbocycles. The third kappa shape index (κ3) is 6.18. The molecule has 1 aliphatic heterocycles. The molecule has 2 rings (SSSR count). The molecule has 0 aromatic rings. The van der Waals surface area contributed by atoms with Crippen molar-refractivity contribution in [3.63, 3.8) is 0 Å². The minimum Gasteiger partial charge on any atom is -0.481 e. The van der Waals surface area contributed by atoms with Crippen LogP contribution in [0.2, 0.25) is 0 Å². The molecule has 1 aliphatic carbocycles. The maximum absolute atomic E-state index is 11.1. The number of hydrogen-bond acceptors (Lipinski definition) is 3. The van der Waals surface area contributed by atoms with E-state index in [1.54, 1.807) is 18.1 Å². The Morgan fingerprint density at radius 3 is 2.61 bits per heavy atom. The number of carboxylic acid groups (broad SMARTS) is 1. The van der Waals surface area contributed by atoms with Crippen LogP contribution in [0.25, 0.3) is 0 Å². The number of rotatable bonds is 8. The molecule has 3 atom stereocenters. The van der Waals surface area contributed by atoms with E-state index in [1.165, 1.54) is 31.3 Å². The monoisotopic (exact) mass is 392 g/mol. The van der Waals surface area contributed by atoms with Gasteiger partial charge in [-0.1, -0.05) is 36.6 Å². The van der Waals surface area contributed by atoms with E-state index in [0.717, 1.165) is 32.1 Å². The minimum absolute atomic E-state index is 0.323. The summed E-state index contributed by atoms with van der Waals surface area (Å²) < 4.78 is 0. The SMILES string of the molecule is CC1=C(CC/C(C)=C/CC[C@@]2(C)CC[C@@H]([C@@H](C)C(=O)O)OO2)C(C)(C)CCC1. The van der Waals surface area contributed by atoms with Crippen LogP contribution in [0.4, 0.5) is 0 Å². The average Bonchev–Trinajstić information content (AvgIpc) is 2.60. The maximum Gasteiger partial charge on any atom is 0.308 e. The van der Waals surface area contributed by atoms with Crippen molar-refractivity contribution < 1.29 is 19.7 Å². The molecule has 4 heteroatoms. The highest BCUT2D eigenvalue weighted by Crippen LogP contribution is 2.42. The van der Waals surface area contributed by atoms with Crippen molar-refractivity contribution in [3.05, 3.63) is 22.8 Å². The summed E-state index contributed by atoms with van der Waals surface area (Å²) in [7, 11) is 0. The lowest BCUT2D eigenvalue weighted by Crippen LogP contribution is -2.41. The van der Waals surface area contributed by atoms with Crippen molar-refractivity contribution in [2.24, 2.45) is 11.3 Å². The Kier molecular flexibility index (Phi) is 7.92. The molecular weight excluding hydrogens is 352 g/mol. The summed E-state index contributed by atoms with van der Waals surface area (Å²) in [4.78, 5) is 22.2. The molecule has 0 aromatic heterocycles. The van der Waals surface area contributed by atoms with Gasteiger partial charge in [0.1, 0.15) is 11.7 Å². The van der Waals surface area contributed by atoms with E-state index in [0.29, 0.717) is 5.41 Å². The van der Waals surface area contributed by atoms with Gasteiger partial charge in [-0.15, -0.1) is 0 Å². The van der Waals surface area contributed by atoms with Gasteiger partial charge in [-0.3, -0.25) is 4.79 Å². The summed E-state index contributed by atoms with van der Waals surface area (Å²) in [5.41, 5.74) is 4.75. The highest BCUT2D eigenvalue weighted by molar-refractivity contribution is 5.70. The standard InChI is InChI=1S/C24H40O4/c1-17(11-12-20-18(2)10-8-14-23(20,4)5)9-7-15-24(6)16-13-21(27-28-24)19(3)22(25)26/h9,19,21H,7-8,10-16H2,1-6H3,(H,25,26)/b17-9+/t19-,21+,24+/m1/s1. The molecule has 1 saturated heterocycles. The van der Waals surface area contributed by atoms with E-state index >= 15 is 0 Å². The number of carboxylic acids is 1. The first kappa shape index (κ1) is 23.2. The summed E-state index contributed by atoms with van der Waals surface area (Å²) in [6.07, 6.45) is 11.6. The molecule has 1 heterocycles. The number of allylic oxidation sites excluding steroid dienone is 4. The Bertz CT molecular complexity index is 606. The molecule has 0 amide bonds. The number of hydrogen-bond donors (Lipinski definition) is 1. The molecule has 4 nitrogen and oxygen atoms in total. The van der Waals surface area contributed by atoms with Gasteiger partial charge in [0, 0.05) is 0 Å². The summed E-state index contributed by atoms with van der Waals surface area (Å²) in [5, 5.41) is 9.11. The van der Waals surface area contributed by atoms with Crippen LogP contribution in [0.1, 0.15) is 99.3 Å². The van der Waals surface area contributed by atoms with Crippen molar-refractivity contribution in [1.82, 2.24) is 0 Å². The van der Waals surface area contributed by atoms with Gasteiger partial charge in [0.2, 0.25) is 0 Å². The van der Waals surface area contributed by atoms with E-state index in [-0.39, 0.29) is 11.7 Å². The van der Waals surface area contributed by atoms with Crippen LogP contribution >= 0.6 is 0 Å². The Morgan fingerprint density at radius 2 is 2.04 bits per heavy atom. The van der Waals surface area contributed by atoms with Crippen LogP contribution in [-0.4, -0.2) is 22.8 Å². The fourth-order valence-electron chi connectivity index (χ4n) is 4.65. The summed E-state index contributed by atoms with van der Waals surface area (Å²) in [5.74, 6) is -1.37. The van der Waals surface area contributed by atoms with E-state index in [9.17, 15) is 4.79 Å². The first-order chi connectivity index (χ1) is 13.0. The maximum atomic E-state index is 11.1. The van der Waals surface area contributed by atoms with Crippen molar-refractivity contribution in [2.45, 2.75) is 111 Å². The van der Waals surface area contributed by atoms with Crippen LogP contribution in [-0.2, 0) is 14.6 Å². The second-order valence-electron chi connectivity index (χ2n) is 9.92. The van der Waals surface area contributed by atoms with Crippen LogP contribution in [0.3, 0.4) is 0 Å². The smallest absolute Gasteiger partial charge is 0.308 e. The van der Waals surface area contributed by atoms with Crippen LogP contribution in [0.15, 0.2) is 22.8 Å². The predicted molar refractivity (Wildman–Crippen MR) is 113 cm³/mol. The molecule has 1 N–H and O–H groups in total. The van der Waals surface area contributed by atoms with Gasteiger partial charge in [-0.2, -0.15) is 0 Å². The highest BCUT2D eigenvalue weighted by Gasteiger charge is 2.37. The first-order valence-electron chi connectivity index (χ1n) is 11.0. The Hall–Kier alpha value is -1.13. The van der Waals surface area contributed by atoms with E-state index in [2.05, 4.69) is 40.7 Å². The van der Waals surface area contributed by atoms with Crippen LogP contribution in [0.5, 0.6) is 0 Å². The van der Waals surface area contributed by atoms with Gasteiger partial charge in [-0.25, -0.2) is 9.78 Å². The summed E-state index contributed by atoms with van der Waals surface area (Å²) in [6, 6.07) is 0. The lowest BCUT2D eigenvalue weighted by Gasteiger charge is -2.37. The van der Waals surface area contributed by atoms with Crippen molar-refractivity contribution >= 4 is 5.97 Å². The van der Waals surface area contributed by atoms with E-state index < -0.39 is 11.9 Å². The van der Waals surface area contributed by atoms with Gasteiger partial charge < -0.3 is 5.11 Å². The van der Waals surface area contributed by atoms with Gasteiger partial charge in [0.15, 0.2) is 0 Å². The summed E-state index contributed by atoms with van der Waals surface area (Å²) in [6.45, 7) is 13.1. The fourth-order valence-corrected chi connectivity index (χ4v) is 4.65. The Labute approximate surface area is 171 Å². The third-order valence-electron chi connectivity index (χ3n) is 6.90. The predicted octanol–water partition coefficient (Wildman–Crippen LogP) is 6.61. The highest BCUT2D eigenvalue weighted by atomic mass is 17.2. The van der Waals surface area contributed by atoms with Crippen molar-refractivity contribution in [3.8, 4) is 0 Å². The first-order valence-corrected chi connectivity index (χ1v) is 11.0. The second kappa shape index (κ2) is 9.58. The lowest BCUT2D eigenvalue weighted by molar-refractivity contribution is -0.411. The van der Waals surface area contributed by atoms with E-state index in [4.69, 9.17) is 14.9 Å². The van der Waals surface area contributed by atoms with Crippen LogP contribution in [0, 0.1) is 11.3 Å². The zero-order valence-corrected chi connectivity index (χ0v) is 18.8. The molecule has 160 valence electrons. The lowest BCUT2D eigenvalue weighted by atomic mass is 9.71. The zero-order chi connectivity index (χ0) is 20.9. The molecule has 0 spiro atoms. The fraction of sp³-hybridized carbons (Fsp3) is 0.792. The molecule has 0 saturated carbocycles. The molecular formula is C24H40O4. The van der Waals surface area contributed by atoms with E-state index in [1.807, 2.05) is 0 Å². The van der Waals surface area contributed by atoms with Crippen molar-refractivity contribution in [2.75, 3.05) is 0 Å². The Morgan fingerprint density at radius 1 is 1.32 bits per heavy atom. The topological polar surface area (TPSA) is 55.8 Å². The molecule has 28 heavy (non-hydrogen) atoms. The van der Waals surface area contributed by atoms with Gasteiger partial charge >= 0.3 is 5.97 Å². The van der Waals surface area contributed by atoms with Gasteiger partial charge in [-0.05, 0) is 90.9 Å². The van der Waals surface area contributed by atoms with Gasteiger partial charge in [0.05, 0.1) is 5.92 Å². The third-order valence-corrected chi connectivity index (χ3v) is 6.90. The second-order valence-corrected chi connectivity index (χ2v) is 9.92. The van der Waals surface area contributed by atoms with Gasteiger partial charge in [0.25, 0.3) is 0 Å². The molecule has 0 bridgehead atoms. The zero-order valence-electron chi connectivity index (χ0n) is 18.8.